The van der Waals surface area contributed by atoms with Crippen molar-refractivity contribution in [2.24, 2.45) is 0 Å². The van der Waals surface area contributed by atoms with Crippen LogP contribution in [0.15, 0.2) is 0 Å². The molecule has 5 nitrogen and oxygen atoms in total. The third-order valence-electron chi connectivity index (χ3n) is 2.10. The molecule has 1 rings (SSSR count). The summed E-state index contributed by atoms with van der Waals surface area (Å²) in [4.78, 5) is 0. The van der Waals surface area contributed by atoms with Gasteiger partial charge in [-0.2, -0.15) is 0 Å². The van der Waals surface area contributed by atoms with Gasteiger partial charge in [-0.05, 0) is 26.1 Å². The van der Waals surface area contributed by atoms with Crippen LogP contribution in [0.25, 0.3) is 0 Å². The Labute approximate surface area is 110 Å². The molecule has 0 aromatic carbocycles. The van der Waals surface area contributed by atoms with Crippen LogP contribution in [0.1, 0.15) is 19.8 Å². The molecule has 0 unspecified atom stereocenters. The summed E-state index contributed by atoms with van der Waals surface area (Å²) in [5.74, 6) is 0. The van der Waals surface area contributed by atoms with Crippen LogP contribution in [0.4, 0.5) is 0 Å². The lowest BCUT2D eigenvalue weighted by atomic mass is 10.4. The van der Waals surface area contributed by atoms with Gasteiger partial charge in [-0.1, -0.05) is 13.3 Å². The van der Waals surface area contributed by atoms with Gasteiger partial charge < -0.3 is 20.9 Å². The van der Waals surface area contributed by atoms with Crippen LogP contribution >= 0.6 is 0 Å². The first kappa shape index (κ1) is 15.7. The SMILES string of the molecule is CCCCO[Si]1(C)O[Si](C)O[Si](C)O[Si](C)O1. The second-order valence-corrected chi connectivity index (χ2v) is 12.2. The van der Waals surface area contributed by atoms with Gasteiger partial charge in [-0.3, -0.25) is 0 Å². The fourth-order valence-electron chi connectivity index (χ4n) is 1.47. The van der Waals surface area contributed by atoms with Crippen LogP contribution in [-0.2, 0) is 20.9 Å². The van der Waals surface area contributed by atoms with Gasteiger partial charge in [-0.25, -0.2) is 0 Å². The highest BCUT2D eigenvalue weighted by Crippen LogP contribution is 2.17. The normalized spacial score (nSPS) is 24.5. The lowest BCUT2D eigenvalue weighted by molar-refractivity contribution is 0.143. The van der Waals surface area contributed by atoms with E-state index in [2.05, 4.69) is 6.92 Å². The molecule has 0 aliphatic carbocycles. The molecule has 0 aromatic rings. The van der Waals surface area contributed by atoms with Gasteiger partial charge >= 0.3 is 36.7 Å². The summed E-state index contributed by atoms with van der Waals surface area (Å²) in [6, 6.07) is 0. The molecular weight excluding hydrogens is 288 g/mol. The van der Waals surface area contributed by atoms with Crippen molar-refractivity contribution in [1.82, 2.24) is 0 Å². The summed E-state index contributed by atoms with van der Waals surface area (Å²) in [6.45, 7) is 10.7. The molecule has 1 fully saturated rings. The van der Waals surface area contributed by atoms with E-state index in [0.29, 0.717) is 6.61 Å². The highest BCUT2D eigenvalue weighted by molar-refractivity contribution is 6.77. The Morgan fingerprint density at radius 3 is 2.00 bits per heavy atom. The first-order valence-electron chi connectivity index (χ1n) is 5.83. The predicted molar refractivity (Wildman–Crippen MR) is 71.7 cm³/mol. The molecule has 17 heavy (non-hydrogen) atoms. The number of unbranched alkanes of at least 4 members (excludes halogenated alkanes) is 1. The Balaban J connectivity index is 2.55. The smallest absolute Gasteiger partial charge is 0.414 e. The first-order chi connectivity index (χ1) is 7.95. The van der Waals surface area contributed by atoms with Crippen LogP contribution in [0.3, 0.4) is 0 Å². The highest BCUT2D eigenvalue weighted by atomic mass is 28.5. The molecule has 1 heterocycles. The first-order valence-corrected chi connectivity index (χ1v) is 13.5. The van der Waals surface area contributed by atoms with E-state index in [0.717, 1.165) is 12.8 Å². The van der Waals surface area contributed by atoms with Gasteiger partial charge in [-0.15, -0.1) is 0 Å². The molecule has 9 heteroatoms. The van der Waals surface area contributed by atoms with Crippen molar-refractivity contribution in [1.29, 1.82) is 0 Å². The van der Waals surface area contributed by atoms with Gasteiger partial charge in [0, 0.05) is 13.2 Å². The summed E-state index contributed by atoms with van der Waals surface area (Å²) in [7, 11) is -6.41. The summed E-state index contributed by atoms with van der Waals surface area (Å²) >= 11 is 0. The van der Waals surface area contributed by atoms with Crippen LogP contribution in [-0.4, -0.2) is 43.3 Å². The molecular formula is C8H21O5Si4. The van der Waals surface area contributed by atoms with Gasteiger partial charge in [0.1, 0.15) is 0 Å². The van der Waals surface area contributed by atoms with Gasteiger partial charge in [0.25, 0.3) is 0 Å². The van der Waals surface area contributed by atoms with E-state index < -0.39 is 36.7 Å². The number of hydrogen-bond donors (Lipinski definition) is 0. The van der Waals surface area contributed by atoms with Crippen LogP contribution in [0, 0.1) is 0 Å². The second kappa shape index (κ2) is 7.30. The lowest BCUT2D eigenvalue weighted by Crippen LogP contribution is -2.55. The standard InChI is InChI=1S/C8H21O5Si4/c1-6-7-8-9-17(5)12-15(3)10-14(2)11-16(4)13-17/h6-8H2,1-5H3. The maximum atomic E-state index is 5.91. The molecule has 0 amide bonds. The number of hydrogen-bond acceptors (Lipinski definition) is 5. The highest BCUT2D eigenvalue weighted by Gasteiger charge is 2.43. The lowest BCUT2D eigenvalue weighted by Gasteiger charge is -2.34. The summed E-state index contributed by atoms with van der Waals surface area (Å²) in [5, 5.41) is 0. The fourth-order valence-corrected chi connectivity index (χ4v) is 12.0. The molecule has 1 aliphatic heterocycles. The van der Waals surface area contributed by atoms with Gasteiger partial charge in [0.05, 0.1) is 0 Å². The van der Waals surface area contributed by atoms with Crippen molar-refractivity contribution in [3.05, 3.63) is 0 Å². The van der Waals surface area contributed by atoms with E-state index in [-0.39, 0.29) is 0 Å². The van der Waals surface area contributed by atoms with E-state index in [1.807, 2.05) is 26.2 Å². The van der Waals surface area contributed by atoms with E-state index in [4.69, 9.17) is 20.9 Å². The molecule has 0 spiro atoms. The van der Waals surface area contributed by atoms with Crippen LogP contribution < -0.4 is 0 Å². The number of rotatable bonds is 4. The van der Waals surface area contributed by atoms with E-state index in [1.54, 1.807) is 0 Å². The summed E-state index contributed by atoms with van der Waals surface area (Å²) in [5.41, 5.74) is 0. The van der Waals surface area contributed by atoms with Crippen molar-refractivity contribution >= 4 is 36.7 Å². The fraction of sp³-hybridized carbons (Fsp3) is 1.00. The van der Waals surface area contributed by atoms with E-state index in [1.165, 1.54) is 0 Å². The maximum Gasteiger partial charge on any atom is 0.479 e. The largest absolute Gasteiger partial charge is 0.479 e. The zero-order chi connectivity index (χ0) is 12.9. The van der Waals surface area contributed by atoms with Crippen LogP contribution in [0.2, 0.25) is 26.2 Å². The monoisotopic (exact) mass is 309 g/mol. The Kier molecular flexibility index (Phi) is 6.76. The third kappa shape index (κ3) is 5.89. The van der Waals surface area contributed by atoms with Crippen molar-refractivity contribution in [3.63, 3.8) is 0 Å². The van der Waals surface area contributed by atoms with E-state index in [9.17, 15) is 0 Å². The quantitative estimate of drug-likeness (QED) is 0.585. The summed E-state index contributed by atoms with van der Waals surface area (Å²) in [6.07, 6.45) is 2.13. The van der Waals surface area contributed by atoms with Crippen LogP contribution in [0.5, 0.6) is 0 Å². The Morgan fingerprint density at radius 1 is 1.00 bits per heavy atom. The van der Waals surface area contributed by atoms with Crippen molar-refractivity contribution in [3.8, 4) is 0 Å². The predicted octanol–water partition coefficient (Wildman–Crippen LogP) is 1.81. The van der Waals surface area contributed by atoms with E-state index >= 15 is 0 Å². The Bertz CT molecular complexity index is 218. The van der Waals surface area contributed by atoms with Crippen molar-refractivity contribution < 1.29 is 20.9 Å². The average Bonchev–Trinajstić information content (AvgIpc) is 2.14. The molecule has 0 saturated carbocycles. The topological polar surface area (TPSA) is 46.2 Å². The minimum Gasteiger partial charge on any atom is -0.414 e. The third-order valence-corrected chi connectivity index (χ3v) is 12.7. The van der Waals surface area contributed by atoms with Gasteiger partial charge in [0.15, 0.2) is 0 Å². The zero-order valence-electron chi connectivity index (χ0n) is 11.2. The zero-order valence-corrected chi connectivity index (χ0v) is 15.2. The average molecular weight is 310 g/mol. The molecule has 1 aliphatic rings. The molecule has 0 N–H and O–H groups in total. The summed E-state index contributed by atoms with van der Waals surface area (Å²) < 4.78 is 29.1. The minimum absolute atomic E-state index is 0.688. The maximum absolute atomic E-state index is 5.91. The van der Waals surface area contributed by atoms with Crippen molar-refractivity contribution in [2.45, 2.75) is 46.0 Å². The molecule has 99 valence electrons. The molecule has 3 radical (unpaired) electrons. The minimum atomic E-state index is -2.56. The molecule has 0 atom stereocenters. The molecule has 1 saturated heterocycles. The second-order valence-electron chi connectivity index (χ2n) is 3.95. The van der Waals surface area contributed by atoms with Crippen molar-refractivity contribution in [2.75, 3.05) is 6.61 Å². The Morgan fingerprint density at radius 2 is 1.53 bits per heavy atom. The van der Waals surface area contributed by atoms with Gasteiger partial charge in [0.2, 0.25) is 0 Å². The molecule has 0 bridgehead atoms. The molecule has 0 aromatic heterocycles. The Hall–Kier alpha value is 0.668.